The van der Waals surface area contributed by atoms with Crippen LogP contribution in [0.1, 0.15) is 12.2 Å². The quantitative estimate of drug-likeness (QED) is 0.781. The van der Waals surface area contributed by atoms with Gasteiger partial charge in [0.1, 0.15) is 6.61 Å². The zero-order chi connectivity index (χ0) is 14.5. The first-order valence-electron chi connectivity index (χ1n) is 6.55. The molecule has 0 unspecified atom stereocenters. The number of nitrogens with one attached hydrogen (secondary N) is 1. The highest BCUT2D eigenvalue weighted by molar-refractivity contribution is 5.90. The molecule has 7 nitrogen and oxygen atoms in total. The predicted octanol–water partition coefficient (Wildman–Crippen LogP) is -0.126. The van der Waals surface area contributed by atoms with Gasteiger partial charge < -0.3 is 20.1 Å². The number of likely N-dealkylation sites (N-methyl/N-ethyl adjacent to an activating group) is 1. The van der Waals surface area contributed by atoms with Gasteiger partial charge in [-0.1, -0.05) is 0 Å². The summed E-state index contributed by atoms with van der Waals surface area (Å²) in [6.45, 7) is 1.69. The summed E-state index contributed by atoms with van der Waals surface area (Å²) in [6, 6.07) is 0. The average molecular weight is 280 g/mol. The van der Waals surface area contributed by atoms with Crippen molar-refractivity contribution in [3.8, 4) is 0 Å². The van der Waals surface area contributed by atoms with Gasteiger partial charge in [0.2, 0.25) is 5.91 Å². The first-order valence-corrected chi connectivity index (χ1v) is 6.55. The standard InChI is InChI=1S/C13H20N4O3/c1-17-6-9(11(18)7-17)3-13(19)16-10-4-14-12(8-20-2)15-5-10/h4-5,9,11,18H,3,6-8H2,1-2H3,(H,16,19)/t9-,11-/m1/s1. The van der Waals surface area contributed by atoms with Crippen molar-refractivity contribution in [1.82, 2.24) is 14.9 Å². The van der Waals surface area contributed by atoms with Crippen LogP contribution in [-0.4, -0.2) is 59.2 Å². The van der Waals surface area contributed by atoms with Crippen molar-refractivity contribution in [3.05, 3.63) is 18.2 Å². The molecule has 0 spiro atoms. The molecule has 1 amide bonds. The minimum atomic E-state index is -0.439. The number of carbonyl (C=O) groups excluding carboxylic acids is 1. The molecule has 0 radical (unpaired) electrons. The van der Waals surface area contributed by atoms with Crippen molar-refractivity contribution < 1.29 is 14.6 Å². The summed E-state index contributed by atoms with van der Waals surface area (Å²) in [5, 5.41) is 12.5. The summed E-state index contributed by atoms with van der Waals surface area (Å²) >= 11 is 0. The lowest BCUT2D eigenvalue weighted by molar-refractivity contribution is -0.117. The van der Waals surface area contributed by atoms with Gasteiger partial charge in [0.15, 0.2) is 5.82 Å². The second kappa shape index (κ2) is 6.74. The Morgan fingerprint density at radius 3 is 2.75 bits per heavy atom. The molecular weight excluding hydrogens is 260 g/mol. The van der Waals surface area contributed by atoms with Crippen molar-refractivity contribution in [1.29, 1.82) is 0 Å². The van der Waals surface area contributed by atoms with Gasteiger partial charge in [-0.25, -0.2) is 9.97 Å². The van der Waals surface area contributed by atoms with Gasteiger partial charge in [0, 0.05) is 32.5 Å². The van der Waals surface area contributed by atoms with Crippen LogP contribution >= 0.6 is 0 Å². The van der Waals surface area contributed by atoms with E-state index in [0.29, 0.717) is 31.1 Å². The maximum absolute atomic E-state index is 11.9. The van der Waals surface area contributed by atoms with E-state index < -0.39 is 6.10 Å². The molecule has 1 fully saturated rings. The fourth-order valence-electron chi connectivity index (χ4n) is 2.34. The SMILES string of the molecule is COCc1ncc(NC(=O)C[C@@H]2CN(C)C[C@H]2O)cn1. The Morgan fingerprint density at radius 1 is 1.50 bits per heavy atom. The fraction of sp³-hybridized carbons (Fsp3) is 0.615. The first-order chi connectivity index (χ1) is 9.58. The van der Waals surface area contributed by atoms with Gasteiger partial charge in [-0.3, -0.25) is 4.79 Å². The maximum Gasteiger partial charge on any atom is 0.224 e. The number of aliphatic hydroxyl groups is 1. The number of carbonyl (C=O) groups is 1. The number of anilines is 1. The second-order valence-electron chi connectivity index (χ2n) is 5.12. The van der Waals surface area contributed by atoms with Gasteiger partial charge in [-0.2, -0.15) is 0 Å². The van der Waals surface area contributed by atoms with E-state index in [1.807, 2.05) is 11.9 Å². The lowest BCUT2D eigenvalue weighted by Crippen LogP contribution is -2.24. The third-order valence-electron chi connectivity index (χ3n) is 3.30. The van der Waals surface area contributed by atoms with Crippen LogP contribution in [-0.2, 0) is 16.1 Å². The van der Waals surface area contributed by atoms with Crippen LogP contribution in [0.3, 0.4) is 0 Å². The van der Waals surface area contributed by atoms with Crippen LogP contribution in [0.2, 0.25) is 0 Å². The fourth-order valence-corrected chi connectivity index (χ4v) is 2.34. The highest BCUT2D eigenvalue weighted by atomic mass is 16.5. The molecule has 0 aromatic carbocycles. The number of β-amino-alcohol motifs (C(OH)–C–C–N with tert-alkyl or cyclic N) is 1. The number of nitrogens with zero attached hydrogens (tertiary/aromatic N) is 3. The summed E-state index contributed by atoms with van der Waals surface area (Å²) in [7, 11) is 3.51. The topological polar surface area (TPSA) is 87.6 Å². The van der Waals surface area contributed by atoms with Crippen LogP contribution in [0.5, 0.6) is 0 Å². The molecule has 1 aromatic rings. The van der Waals surface area contributed by atoms with E-state index in [9.17, 15) is 9.90 Å². The average Bonchev–Trinajstić information content (AvgIpc) is 2.70. The van der Waals surface area contributed by atoms with E-state index in [4.69, 9.17) is 4.74 Å². The van der Waals surface area contributed by atoms with Crippen molar-refractivity contribution in [2.45, 2.75) is 19.1 Å². The Balaban J connectivity index is 1.85. The summed E-state index contributed by atoms with van der Waals surface area (Å²) in [4.78, 5) is 22.1. The molecule has 0 saturated carbocycles. The van der Waals surface area contributed by atoms with Crippen LogP contribution in [0.4, 0.5) is 5.69 Å². The van der Waals surface area contributed by atoms with E-state index >= 15 is 0 Å². The maximum atomic E-state index is 11.9. The molecule has 2 atom stereocenters. The minimum absolute atomic E-state index is 0.0197. The Bertz CT molecular complexity index is 451. The predicted molar refractivity (Wildman–Crippen MR) is 73.0 cm³/mol. The van der Waals surface area contributed by atoms with E-state index in [0.717, 1.165) is 6.54 Å². The number of aliphatic hydroxyl groups excluding tert-OH is 1. The molecule has 110 valence electrons. The Labute approximate surface area is 118 Å². The van der Waals surface area contributed by atoms with Crippen LogP contribution in [0, 0.1) is 5.92 Å². The largest absolute Gasteiger partial charge is 0.391 e. The first kappa shape index (κ1) is 14.8. The third-order valence-corrected chi connectivity index (χ3v) is 3.30. The normalized spacial score (nSPS) is 22.9. The summed E-state index contributed by atoms with van der Waals surface area (Å²) in [6.07, 6.45) is 2.96. The van der Waals surface area contributed by atoms with Crippen LogP contribution in [0.25, 0.3) is 0 Å². The summed E-state index contributed by atoms with van der Waals surface area (Å²) in [5.74, 6) is 0.416. The molecule has 2 rings (SSSR count). The number of rotatable bonds is 5. The second-order valence-corrected chi connectivity index (χ2v) is 5.12. The van der Waals surface area contributed by atoms with Crippen molar-refractivity contribution in [3.63, 3.8) is 0 Å². The molecule has 20 heavy (non-hydrogen) atoms. The summed E-state index contributed by atoms with van der Waals surface area (Å²) in [5.41, 5.74) is 0.552. The summed E-state index contributed by atoms with van der Waals surface area (Å²) < 4.78 is 4.91. The van der Waals surface area contributed by atoms with Gasteiger partial charge in [-0.15, -0.1) is 0 Å². The minimum Gasteiger partial charge on any atom is -0.391 e. The Hall–Kier alpha value is -1.57. The number of methoxy groups -OCH3 is 1. The molecule has 7 heteroatoms. The van der Waals surface area contributed by atoms with E-state index in [2.05, 4.69) is 15.3 Å². The van der Waals surface area contributed by atoms with Crippen molar-refractivity contribution >= 4 is 11.6 Å². The molecular formula is C13H20N4O3. The van der Waals surface area contributed by atoms with Gasteiger partial charge in [-0.05, 0) is 7.05 Å². The number of hydrogen-bond donors (Lipinski definition) is 2. The van der Waals surface area contributed by atoms with Gasteiger partial charge in [0.05, 0.1) is 24.2 Å². The molecule has 1 aliphatic rings. The zero-order valence-corrected chi connectivity index (χ0v) is 11.7. The lowest BCUT2D eigenvalue weighted by atomic mass is 10.0. The van der Waals surface area contributed by atoms with E-state index in [1.165, 1.54) is 0 Å². The highest BCUT2D eigenvalue weighted by Crippen LogP contribution is 2.19. The number of aromatic nitrogens is 2. The van der Waals surface area contributed by atoms with E-state index in [-0.39, 0.29) is 11.8 Å². The molecule has 2 N–H and O–H groups in total. The van der Waals surface area contributed by atoms with Gasteiger partial charge in [0.25, 0.3) is 0 Å². The molecule has 1 saturated heterocycles. The van der Waals surface area contributed by atoms with E-state index in [1.54, 1.807) is 19.5 Å². The number of likely N-dealkylation sites (tertiary alicyclic amines) is 1. The number of amides is 1. The molecule has 1 aliphatic heterocycles. The molecule has 0 bridgehead atoms. The zero-order valence-electron chi connectivity index (χ0n) is 11.7. The van der Waals surface area contributed by atoms with Crippen LogP contribution in [0.15, 0.2) is 12.4 Å². The van der Waals surface area contributed by atoms with Crippen LogP contribution < -0.4 is 5.32 Å². The smallest absolute Gasteiger partial charge is 0.224 e. The Kier molecular flexibility index (Phi) is 4.99. The third kappa shape index (κ3) is 3.96. The monoisotopic (exact) mass is 280 g/mol. The van der Waals surface area contributed by atoms with Crippen molar-refractivity contribution in [2.24, 2.45) is 5.92 Å². The molecule has 2 heterocycles. The van der Waals surface area contributed by atoms with Crippen molar-refractivity contribution in [2.75, 3.05) is 32.6 Å². The number of hydrogen-bond acceptors (Lipinski definition) is 6. The molecule has 0 aliphatic carbocycles. The van der Waals surface area contributed by atoms with Gasteiger partial charge >= 0.3 is 0 Å². The highest BCUT2D eigenvalue weighted by Gasteiger charge is 2.30. The molecule has 1 aromatic heterocycles. The Morgan fingerprint density at radius 2 is 2.20 bits per heavy atom. The lowest BCUT2D eigenvalue weighted by Gasteiger charge is -2.13. The number of ether oxygens (including phenoxy) is 1.